The zero-order valence-corrected chi connectivity index (χ0v) is 28.3. The van der Waals surface area contributed by atoms with Crippen LogP contribution in [0, 0.1) is 18.4 Å². The third-order valence-corrected chi connectivity index (χ3v) is 8.56. The van der Waals surface area contributed by atoms with E-state index in [0.29, 0.717) is 58.1 Å². The van der Waals surface area contributed by atoms with Crippen LogP contribution in [-0.2, 0) is 4.79 Å². The van der Waals surface area contributed by atoms with Gasteiger partial charge in [-0.15, -0.1) is 0 Å². The summed E-state index contributed by atoms with van der Waals surface area (Å²) < 4.78 is 11.7. The molecule has 13 heteroatoms. The van der Waals surface area contributed by atoms with Crippen molar-refractivity contribution in [2.45, 2.75) is 32.6 Å². The minimum absolute atomic E-state index is 0.220. The molecule has 5 rings (SSSR count). The molecule has 256 valence electrons. The Morgan fingerprint density at radius 3 is 2.57 bits per heavy atom. The van der Waals surface area contributed by atoms with Gasteiger partial charge in [0.05, 0.1) is 36.2 Å². The number of nitrogens with one attached hydrogen (secondary N) is 3. The molecule has 0 radical (unpaired) electrons. The molecule has 4 aromatic rings. The number of methoxy groups -OCH3 is 1. The topological polar surface area (TPSA) is 156 Å². The van der Waals surface area contributed by atoms with E-state index in [4.69, 9.17) is 14.7 Å². The van der Waals surface area contributed by atoms with Gasteiger partial charge in [-0.3, -0.25) is 19.7 Å². The second kappa shape index (κ2) is 16.0. The first-order chi connectivity index (χ1) is 23.7. The highest BCUT2D eigenvalue weighted by Crippen LogP contribution is 2.32. The van der Waals surface area contributed by atoms with Crippen LogP contribution in [0.5, 0.6) is 11.5 Å². The largest absolute Gasteiger partial charge is 0.495 e. The maximum absolute atomic E-state index is 13.7. The van der Waals surface area contributed by atoms with Gasteiger partial charge in [0.2, 0.25) is 11.9 Å². The maximum atomic E-state index is 13.7. The summed E-state index contributed by atoms with van der Waals surface area (Å²) in [4.78, 5) is 52.5. The van der Waals surface area contributed by atoms with Crippen molar-refractivity contribution in [3.63, 3.8) is 0 Å². The molecule has 0 bridgehead atoms. The Kier molecular flexibility index (Phi) is 11.3. The molecule has 3 aromatic carbocycles. The minimum Gasteiger partial charge on any atom is -0.495 e. The highest BCUT2D eigenvalue weighted by molar-refractivity contribution is 6.13. The SMILES string of the molecule is COc1cc(C(=O)N(C)c2ccc(C)cc2OCCCCCC(=O)N2CCN(C)CC2)ccc1NC(=O)c1cccc2[nH]c(NC#N)nc12. The van der Waals surface area contributed by atoms with Gasteiger partial charge in [-0.2, -0.15) is 5.26 Å². The van der Waals surface area contributed by atoms with E-state index >= 15 is 0 Å². The number of nitrogens with zero attached hydrogens (tertiary/aromatic N) is 5. The Labute approximate surface area is 285 Å². The number of piperazine rings is 1. The summed E-state index contributed by atoms with van der Waals surface area (Å²) in [6, 6.07) is 15.6. The predicted octanol–water partition coefficient (Wildman–Crippen LogP) is 5.02. The van der Waals surface area contributed by atoms with Gasteiger partial charge >= 0.3 is 0 Å². The van der Waals surface area contributed by atoms with Crippen molar-refractivity contribution < 1.29 is 23.9 Å². The molecule has 3 amide bonds. The van der Waals surface area contributed by atoms with Crippen LogP contribution in [0.25, 0.3) is 11.0 Å². The van der Waals surface area contributed by atoms with Crippen molar-refractivity contribution in [2.24, 2.45) is 0 Å². The van der Waals surface area contributed by atoms with E-state index in [1.165, 1.54) is 12.0 Å². The number of fused-ring (bicyclic) bond motifs is 1. The van der Waals surface area contributed by atoms with Crippen molar-refractivity contribution in [1.29, 1.82) is 5.26 Å². The quantitative estimate of drug-likeness (QED) is 0.101. The van der Waals surface area contributed by atoms with Gasteiger partial charge in [0.1, 0.15) is 17.0 Å². The van der Waals surface area contributed by atoms with E-state index in [1.807, 2.05) is 30.0 Å². The van der Waals surface area contributed by atoms with E-state index in [2.05, 4.69) is 32.5 Å². The number of hydrogen-bond acceptors (Lipinski definition) is 9. The van der Waals surface area contributed by atoms with Gasteiger partial charge in [-0.25, -0.2) is 4.98 Å². The average Bonchev–Trinajstić information content (AvgIpc) is 3.52. The molecule has 2 heterocycles. The van der Waals surface area contributed by atoms with Gasteiger partial charge in [0.15, 0.2) is 6.19 Å². The standard InChI is InChI=1S/C36H42N8O5/c1-24-12-15-29(31(21-24)49-20-7-5-6-11-32(45)44-18-16-42(2)17-19-44)43(3)35(47)25-13-14-27(30(22-25)48-4)39-34(46)26-9-8-10-28-33(26)41-36(40-28)38-23-37/h8-10,12-15,21-22H,5-7,11,16-20H2,1-4H3,(H,39,46)(H2,38,40,41). The Balaban J connectivity index is 1.20. The van der Waals surface area contributed by atoms with Gasteiger partial charge in [0.25, 0.3) is 11.8 Å². The normalized spacial score (nSPS) is 13.1. The molecular formula is C36H42N8O5. The fraction of sp³-hybridized carbons (Fsp3) is 0.361. The first-order valence-electron chi connectivity index (χ1n) is 16.3. The maximum Gasteiger partial charge on any atom is 0.258 e. The fourth-order valence-corrected chi connectivity index (χ4v) is 5.71. The molecule has 0 aliphatic carbocycles. The molecule has 1 fully saturated rings. The number of para-hydroxylation sites is 1. The van der Waals surface area contributed by atoms with E-state index < -0.39 is 5.91 Å². The molecular weight excluding hydrogens is 624 g/mol. The molecule has 0 unspecified atom stereocenters. The number of carbonyl (C=O) groups is 3. The number of unbranched alkanes of at least 4 members (excludes halogenated alkanes) is 2. The summed E-state index contributed by atoms with van der Waals surface area (Å²) in [6.07, 6.45) is 4.82. The number of nitriles is 1. The summed E-state index contributed by atoms with van der Waals surface area (Å²) in [5.41, 5.74) is 3.64. The number of aryl methyl sites for hydroxylation is 1. The summed E-state index contributed by atoms with van der Waals surface area (Å²) in [7, 11) is 5.23. The number of anilines is 3. The monoisotopic (exact) mass is 666 g/mol. The lowest BCUT2D eigenvalue weighted by atomic mass is 10.1. The third-order valence-electron chi connectivity index (χ3n) is 8.56. The highest BCUT2D eigenvalue weighted by Gasteiger charge is 2.22. The lowest BCUT2D eigenvalue weighted by Crippen LogP contribution is -2.47. The summed E-state index contributed by atoms with van der Waals surface area (Å²) in [5.74, 6) is 0.637. The van der Waals surface area contributed by atoms with Crippen LogP contribution in [0.2, 0.25) is 0 Å². The van der Waals surface area contributed by atoms with Crippen molar-refractivity contribution >= 4 is 46.1 Å². The molecule has 1 saturated heterocycles. The first kappa shape index (κ1) is 34.7. The first-order valence-corrected chi connectivity index (χ1v) is 16.3. The zero-order chi connectivity index (χ0) is 34.9. The molecule has 1 aliphatic heterocycles. The lowest BCUT2D eigenvalue weighted by Gasteiger charge is -2.32. The number of likely N-dealkylation sites (N-methyl/N-ethyl adjacent to an activating group) is 1. The lowest BCUT2D eigenvalue weighted by molar-refractivity contribution is -0.132. The van der Waals surface area contributed by atoms with E-state index in [-0.39, 0.29) is 17.8 Å². The number of imidazole rings is 1. The van der Waals surface area contributed by atoms with Gasteiger partial charge in [0, 0.05) is 45.2 Å². The van der Waals surface area contributed by atoms with Crippen molar-refractivity contribution in [2.75, 3.05) is 69.5 Å². The van der Waals surface area contributed by atoms with Gasteiger partial charge < -0.3 is 34.5 Å². The smallest absolute Gasteiger partial charge is 0.258 e. The van der Waals surface area contributed by atoms with Crippen molar-refractivity contribution in [3.05, 3.63) is 71.3 Å². The number of amides is 3. The summed E-state index contributed by atoms with van der Waals surface area (Å²) >= 11 is 0. The van der Waals surface area contributed by atoms with Crippen molar-refractivity contribution in [3.8, 4) is 17.7 Å². The number of carbonyl (C=O) groups excluding carboxylic acids is 3. The third kappa shape index (κ3) is 8.46. The van der Waals surface area contributed by atoms with Crippen LogP contribution in [0.15, 0.2) is 54.6 Å². The molecule has 0 saturated carbocycles. The van der Waals surface area contributed by atoms with Crippen molar-refractivity contribution in [1.82, 2.24) is 19.8 Å². The number of rotatable bonds is 13. The van der Waals surface area contributed by atoms with Crippen LogP contribution in [-0.4, -0.2) is 91.5 Å². The predicted molar refractivity (Wildman–Crippen MR) is 188 cm³/mol. The highest BCUT2D eigenvalue weighted by atomic mass is 16.5. The van der Waals surface area contributed by atoms with Crippen LogP contribution < -0.4 is 25.0 Å². The summed E-state index contributed by atoms with van der Waals surface area (Å²) in [5, 5.41) is 14.2. The number of benzene rings is 3. The second-order valence-electron chi connectivity index (χ2n) is 12.1. The van der Waals surface area contributed by atoms with Crippen LogP contribution in [0.4, 0.5) is 17.3 Å². The van der Waals surface area contributed by atoms with Crippen LogP contribution in [0.3, 0.4) is 0 Å². The van der Waals surface area contributed by atoms with Gasteiger partial charge in [-0.1, -0.05) is 12.1 Å². The van der Waals surface area contributed by atoms with E-state index in [9.17, 15) is 14.4 Å². The van der Waals surface area contributed by atoms with Crippen LogP contribution >= 0.6 is 0 Å². The molecule has 1 aromatic heterocycles. The minimum atomic E-state index is -0.432. The molecule has 13 nitrogen and oxygen atoms in total. The summed E-state index contributed by atoms with van der Waals surface area (Å²) in [6.45, 7) is 5.86. The molecule has 0 atom stereocenters. The Hall–Kier alpha value is -5.61. The Morgan fingerprint density at radius 1 is 1.02 bits per heavy atom. The Bertz CT molecular complexity index is 1860. The molecule has 49 heavy (non-hydrogen) atoms. The number of ether oxygens (including phenoxy) is 2. The van der Waals surface area contributed by atoms with E-state index in [0.717, 1.165) is 51.0 Å². The molecule has 1 aliphatic rings. The zero-order valence-electron chi connectivity index (χ0n) is 28.3. The Morgan fingerprint density at radius 2 is 1.82 bits per heavy atom. The average molecular weight is 667 g/mol. The molecule has 3 N–H and O–H groups in total. The number of hydrogen-bond donors (Lipinski definition) is 3. The molecule has 0 spiro atoms. The number of aromatic nitrogens is 2. The second-order valence-corrected chi connectivity index (χ2v) is 12.1. The van der Waals surface area contributed by atoms with Gasteiger partial charge in [-0.05, 0) is 81.3 Å². The van der Waals surface area contributed by atoms with E-state index in [1.54, 1.807) is 49.6 Å². The number of aromatic amines is 1. The van der Waals surface area contributed by atoms with Crippen LogP contribution in [0.1, 0.15) is 52.0 Å². The fourth-order valence-electron chi connectivity index (χ4n) is 5.71. The number of H-pyrrole nitrogens is 1.